The van der Waals surface area contributed by atoms with E-state index in [0.29, 0.717) is 6.04 Å². The maximum atomic E-state index is 5.30. The zero-order chi connectivity index (χ0) is 13.2. The van der Waals surface area contributed by atoms with Gasteiger partial charge in [0.25, 0.3) is 0 Å². The summed E-state index contributed by atoms with van der Waals surface area (Å²) in [7, 11) is 4.01. The van der Waals surface area contributed by atoms with E-state index in [1.807, 2.05) is 14.0 Å². The fraction of sp³-hybridized carbons (Fsp3) is 0.923. The first-order valence-corrected chi connectivity index (χ1v) is 7.00. The third kappa shape index (κ3) is 5.69. The van der Waals surface area contributed by atoms with Gasteiger partial charge in [-0.15, -0.1) is 0 Å². The van der Waals surface area contributed by atoms with Crippen molar-refractivity contribution in [3.05, 3.63) is 0 Å². The number of hydrogen-bond donors (Lipinski definition) is 2. The molecular formula is C13H28N4O. The van der Waals surface area contributed by atoms with Crippen molar-refractivity contribution < 1.29 is 4.74 Å². The molecule has 0 radical (unpaired) electrons. The van der Waals surface area contributed by atoms with Crippen LogP contribution in [0.4, 0.5) is 0 Å². The molecular weight excluding hydrogens is 228 g/mol. The molecule has 106 valence electrons. The average Bonchev–Trinajstić information content (AvgIpc) is 2.78. The Hall–Kier alpha value is -0.810. The van der Waals surface area contributed by atoms with E-state index in [1.165, 1.54) is 19.4 Å². The van der Waals surface area contributed by atoms with E-state index in [4.69, 9.17) is 4.74 Å². The van der Waals surface area contributed by atoms with Crippen molar-refractivity contribution >= 4 is 5.96 Å². The summed E-state index contributed by atoms with van der Waals surface area (Å²) in [5.41, 5.74) is 0. The Morgan fingerprint density at radius 2 is 2.28 bits per heavy atom. The molecule has 0 bridgehead atoms. The number of ether oxygens (including phenoxy) is 1. The number of nitrogens with zero attached hydrogens (tertiary/aromatic N) is 2. The van der Waals surface area contributed by atoms with Crippen molar-refractivity contribution in [3.8, 4) is 0 Å². The first kappa shape index (κ1) is 15.2. The largest absolute Gasteiger partial charge is 0.382 e. The van der Waals surface area contributed by atoms with Gasteiger partial charge in [0.2, 0.25) is 0 Å². The standard InChI is InChI=1S/C13H28N4O/c1-4-18-10-6-8-15-13(14-2)16-11-12-7-5-9-17(12)3/h12H,4-11H2,1-3H3,(H2,14,15,16). The molecule has 1 aliphatic heterocycles. The molecule has 1 aliphatic rings. The quantitative estimate of drug-likeness (QED) is 0.399. The molecule has 2 N–H and O–H groups in total. The van der Waals surface area contributed by atoms with Crippen LogP contribution >= 0.6 is 0 Å². The SMILES string of the molecule is CCOCCCNC(=NC)NCC1CCCN1C. The molecule has 0 aliphatic carbocycles. The fourth-order valence-corrected chi connectivity index (χ4v) is 2.20. The molecule has 18 heavy (non-hydrogen) atoms. The van der Waals surface area contributed by atoms with Crippen molar-refractivity contribution in [2.24, 2.45) is 4.99 Å². The van der Waals surface area contributed by atoms with Gasteiger partial charge < -0.3 is 20.3 Å². The van der Waals surface area contributed by atoms with Gasteiger partial charge in [0, 0.05) is 39.4 Å². The second-order valence-electron chi connectivity index (χ2n) is 4.71. The van der Waals surface area contributed by atoms with Crippen LogP contribution in [0.25, 0.3) is 0 Å². The predicted molar refractivity (Wildman–Crippen MR) is 76.1 cm³/mol. The molecule has 5 heteroatoms. The highest BCUT2D eigenvalue weighted by Gasteiger charge is 2.20. The van der Waals surface area contributed by atoms with Crippen LogP contribution in [-0.4, -0.2) is 63.8 Å². The van der Waals surface area contributed by atoms with Crippen LogP contribution in [0.5, 0.6) is 0 Å². The Kier molecular flexibility index (Phi) is 7.76. The van der Waals surface area contributed by atoms with Crippen LogP contribution in [0, 0.1) is 0 Å². The van der Waals surface area contributed by atoms with Gasteiger partial charge in [-0.25, -0.2) is 0 Å². The van der Waals surface area contributed by atoms with E-state index in [2.05, 4.69) is 27.6 Å². The Balaban J connectivity index is 2.10. The van der Waals surface area contributed by atoms with Gasteiger partial charge in [-0.3, -0.25) is 4.99 Å². The Labute approximate surface area is 111 Å². The van der Waals surface area contributed by atoms with E-state index in [0.717, 1.165) is 38.7 Å². The third-order valence-corrected chi connectivity index (χ3v) is 3.36. The van der Waals surface area contributed by atoms with E-state index in [9.17, 15) is 0 Å². The van der Waals surface area contributed by atoms with Crippen LogP contribution in [0.15, 0.2) is 4.99 Å². The van der Waals surface area contributed by atoms with Gasteiger partial charge in [0.05, 0.1) is 0 Å². The molecule has 1 rings (SSSR count). The molecule has 0 aromatic rings. The maximum Gasteiger partial charge on any atom is 0.191 e. The summed E-state index contributed by atoms with van der Waals surface area (Å²) in [5.74, 6) is 0.895. The predicted octanol–water partition coefficient (Wildman–Crippen LogP) is 0.672. The van der Waals surface area contributed by atoms with Crippen molar-refractivity contribution in [3.63, 3.8) is 0 Å². The molecule has 1 atom stereocenters. The lowest BCUT2D eigenvalue weighted by atomic mass is 10.2. The third-order valence-electron chi connectivity index (χ3n) is 3.36. The van der Waals surface area contributed by atoms with Gasteiger partial charge in [0.15, 0.2) is 5.96 Å². The van der Waals surface area contributed by atoms with Crippen molar-refractivity contribution in [1.82, 2.24) is 15.5 Å². The van der Waals surface area contributed by atoms with Crippen LogP contribution in [-0.2, 0) is 4.74 Å². The summed E-state index contributed by atoms with van der Waals surface area (Å²) < 4.78 is 5.30. The number of likely N-dealkylation sites (N-methyl/N-ethyl adjacent to an activating group) is 1. The minimum Gasteiger partial charge on any atom is -0.382 e. The maximum absolute atomic E-state index is 5.30. The smallest absolute Gasteiger partial charge is 0.191 e. The topological polar surface area (TPSA) is 48.9 Å². The number of rotatable bonds is 7. The summed E-state index contributed by atoms with van der Waals surface area (Å²) in [5, 5.41) is 6.70. The van der Waals surface area contributed by atoms with Crippen LogP contribution in [0.1, 0.15) is 26.2 Å². The molecule has 0 saturated carbocycles. The van der Waals surface area contributed by atoms with Gasteiger partial charge >= 0.3 is 0 Å². The molecule has 1 heterocycles. The first-order valence-electron chi connectivity index (χ1n) is 7.00. The number of guanidine groups is 1. The summed E-state index contributed by atoms with van der Waals surface area (Å²) in [6.45, 7) is 6.72. The van der Waals surface area contributed by atoms with E-state index in [-0.39, 0.29) is 0 Å². The van der Waals surface area contributed by atoms with Gasteiger partial charge in [0.1, 0.15) is 0 Å². The minimum absolute atomic E-state index is 0.645. The lowest BCUT2D eigenvalue weighted by molar-refractivity contribution is 0.145. The normalized spacial score (nSPS) is 21.3. The highest BCUT2D eigenvalue weighted by atomic mass is 16.5. The molecule has 0 aromatic heterocycles. The minimum atomic E-state index is 0.645. The summed E-state index contributed by atoms with van der Waals surface area (Å²) in [6.07, 6.45) is 3.60. The number of hydrogen-bond acceptors (Lipinski definition) is 3. The molecule has 1 unspecified atom stereocenters. The monoisotopic (exact) mass is 256 g/mol. The molecule has 0 aromatic carbocycles. The van der Waals surface area contributed by atoms with Crippen LogP contribution < -0.4 is 10.6 Å². The second-order valence-corrected chi connectivity index (χ2v) is 4.71. The van der Waals surface area contributed by atoms with Crippen molar-refractivity contribution in [2.45, 2.75) is 32.2 Å². The Bertz CT molecular complexity index is 245. The van der Waals surface area contributed by atoms with Gasteiger partial charge in [-0.05, 0) is 39.8 Å². The summed E-state index contributed by atoms with van der Waals surface area (Å²) in [4.78, 5) is 6.64. The molecule has 1 fully saturated rings. The fourth-order valence-electron chi connectivity index (χ4n) is 2.20. The van der Waals surface area contributed by atoms with Crippen LogP contribution in [0.3, 0.4) is 0 Å². The summed E-state index contributed by atoms with van der Waals surface area (Å²) >= 11 is 0. The Morgan fingerprint density at radius 1 is 1.44 bits per heavy atom. The zero-order valence-corrected chi connectivity index (χ0v) is 12.0. The van der Waals surface area contributed by atoms with E-state index < -0.39 is 0 Å². The van der Waals surface area contributed by atoms with E-state index in [1.54, 1.807) is 0 Å². The molecule has 1 saturated heterocycles. The number of nitrogens with one attached hydrogen (secondary N) is 2. The van der Waals surface area contributed by atoms with Gasteiger partial charge in [-0.1, -0.05) is 0 Å². The lowest BCUT2D eigenvalue weighted by Crippen LogP contribution is -2.44. The summed E-state index contributed by atoms with van der Waals surface area (Å²) in [6, 6.07) is 0.645. The highest BCUT2D eigenvalue weighted by Crippen LogP contribution is 2.13. The second kappa shape index (κ2) is 9.16. The highest BCUT2D eigenvalue weighted by molar-refractivity contribution is 5.79. The molecule has 5 nitrogen and oxygen atoms in total. The van der Waals surface area contributed by atoms with Gasteiger partial charge in [-0.2, -0.15) is 0 Å². The Morgan fingerprint density at radius 3 is 2.89 bits per heavy atom. The number of likely N-dealkylation sites (tertiary alicyclic amines) is 1. The van der Waals surface area contributed by atoms with Crippen molar-refractivity contribution in [2.75, 3.05) is 46.9 Å². The molecule has 0 amide bonds. The first-order chi connectivity index (χ1) is 8.77. The average molecular weight is 256 g/mol. The molecule has 0 spiro atoms. The van der Waals surface area contributed by atoms with Crippen LogP contribution in [0.2, 0.25) is 0 Å². The van der Waals surface area contributed by atoms with E-state index >= 15 is 0 Å². The zero-order valence-electron chi connectivity index (χ0n) is 12.0. The van der Waals surface area contributed by atoms with Crippen molar-refractivity contribution in [1.29, 1.82) is 0 Å². The number of aliphatic imine (C=N–C) groups is 1. The lowest BCUT2D eigenvalue weighted by Gasteiger charge is -2.21.